The van der Waals surface area contributed by atoms with Gasteiger partial charge < -0.3 is 24.6 Å². The Kier molecular flexibility index (Phi) is 6.22. The molecule has 156 valence electrons. The SMILES string of the molecule is COc1cc(NC2CCCN(c3cc(N4CCCCC4)ncn3)C2)cc(OC)c1. The van der Waals surface area contributed by atoms with E-state index in [0.29, 0.717) is 6.04 Å². The first-order chi connectivity index (χ1) is 14.2. The van der Waals surface area contributed by atoms with Gasteiger partial charge >= 0.3 is 0 Å². The van der Waals surface area contributed by atoms with Crippen LogP contribution in [0.25, 0.3) is 0 Å². The smallest absolute Gasteiger partial charge is 0.134 e. The van der Waals surface area contributed by atoms with Crippen molar-refractivity contribution in [2.45, 2.75) is 38.1 Å². The van der Waals surface area contributed by atoms with Crippen LogP contribution < -0.4 is 24.6 Å². The molecule has 2 aromatic rings. The van der Waals surface area contributed by atoms with Crippen molar-refractivity contribution >= 4 is 17.3 Å². The molecule has 1 aromatic carbocycles. The van der Waals surface area contributed by atoms with E-state index in [1.165, 1.54) is 19.3 Å². The highest BCUT2D eigenvalue weighted by molar-refractivity contribution is 5.55. The Morgan fingerprint density at radius 1 is 0.828 bits per heavy atom. The Morgan fingerprint density at radius 3 is 2.17 bits per heavy atom. The molecule has 1 atom stereocenters. The van der Waals surface area contributed by atoms with E-state index in [1.54, 1.807) is 20.5 Å². The van der Waals surface area contributed by atoms with E-state index in [9.17, 15) is 0 Å². The summed E-state index contributed by atoms with van der Waals surface area (Å²) in [5.41, 5.74) is 1.02. The van der Waals surface area contributed by atoms with Crippen LogP contribution in [0.3, 0.4) is 0 Å². The summed E-state index contributed by atoms with van der Waals surface area (Å²) in [6.07, 6.45) is 7.78. The highest BCUT2D eigenvalue weighted by atomic mass is 16.5. The summed E-state index contributed by atoms with van der Waals surface area (Å²) in [4.78, 5) is 13.9. The van der Waals surface area contributed by atoms with E-state index >= 15 is 0 Å². The van der Waals surface area contributed by atoms with E-state index in [-0.39, 0.29) is 0 Å². The second-order valence-corrected chi connectivity index (χ2v) is 7.81. The molecule has 0 aliphatic carbocycles. The second-order valence-electron chi connectivity index (χ2n) is 7.81. The fourth-order valence-electron chi connectivity index (χ4n) is 4.24. The molecule has 1 unspecified atom stereocenters. The van der Waals surface area contributed by atoms with Gasteiger partial charge in [-0.05, 0) is 32.1 Å². The van der Waals surface area contributed by atoms with Gasteiger partial charge in [0, 0.05) is 62.2 Å². The van der Waals surface area contributed by atoms with Gasteiger partial charge in [0.15, 0.2) is 0 Å². The maximum Gasteiger partial charge on any atom is 0.134 e. The minimum Gasteiger partial charge on any atom is -0.497 e. The van der Waals surface area contributed by atoms with Crippen molar-refractivity contribution in [2.24, 2.45) is 0 Å². The number of aromatic nitrogens is 2. The zero-order valence-electron chi connectivity index (χ0n) is 17.4. The van der Waals surface area contributed by atoms with Crippen molar-refractivity contribution in [3.8, 4) is 11.5 Å². The van der Waals surface area contributed by atoms with Gasteiger partial charge in [-0.2, -0.15) is 0 Å². The molecular formula is C22H31N5O2. The maximum atomic E-state index is 5.40. The predicted molar refractivity (Wildman–Crippen MR) is 116 cm³/mol. The lowest BCUT2D eigenvalue weighted by atomic mass is 10.1. The zero-order chi connectivity index (χ0) is 20.1. The van der Waals surface area contributed by atoms with Gasteiger partial charge in [-0.1, -0.05) is 0 Å². The Hall–Kier alpha value is -2.70. The van der Waals surface area contributed by atoms with Crippen molar-refractivity contribution < 1.29 is 9.47 Å². The summed E-state index contributed by atoms with van der Waals surface area (Å²) in [5, 5.41) is 3.65. The summed E-state index contributed by atoms with van der Waals surface area (Å²) >= 11 is 0. The topological polar surface area (TPSA) is 62.8 Å². The molecule has 2 saturated heterocycles. The zero-order valence-corrected chi connectivity index (χ0v) is 17.4. The average molecular weight is 398 g/mol. The first kappa shape index (κ1) is 19.6. The van der Waals surface area contributed by atoms with Crippen molar-refractivity contribution in [1.82, 2.24) is 9.97 Å². The second kappa shape index (κ2) is 9.20. The molecular weight excluding hydrogens is 366 g/mol. The third kappa shape index (κ3) is 4.83. The lowest BCUT2D eigenvalue weighted by Crippen LogP contribution is -2.42. The summed E-state index contributed by atoms with van der Waals surface area (Å²) in [6.45, 7) is 4.13. The lowest BCUT2D eigenvalue weighted by molar-refractivity contribution is 0.394. The van der Waals surface area contributed by atoms with Gasteiger partial charge in [-0.15, -0.1) is 0 Å². The largest absolute Gasteiger partial charge is 0.497 e. The van der Waals surface area contributed by atoms with Crippen LogP contribution in [0.2, 0.25) is 0 Å². The number of benzene rings is 1. The molecule has 0 spiro atoms. The van der Waals surface area contributed by atoms with Crippen LogP contribution in [0, 0.1) is 0 Å². The van der Waals surface area contributed by atoms with Gasteiger partial charge in [-0.3, -0.25) is 0 Å². The normalized spacial score (nSPS) is 19.7. The van der Waals surface area contributed by atoms with Gasteiger partial charge in [0.2, 0.25) is 0 Å². The first-order valence-corrected chi connectivity index (χ1v) is 10.6. The van der Waals surface area contributed by atoms with E-state index in [2.05, 4.69) is 31.2 Å². The summed E-state index contributed by atoms with van der Waals surface area (Å²) in [7, 11) is 3.35. The Morgan fingerprint density at radius 2 is 1.48 bits per heavy atom. The molecule has 0 radical (unpaired) electrons. The molecule has 4 rings (SSSR count). The minimum absolute atomic E-state index is 0.342. The number of hydrogen-bond donors (Lipinski definition) is 1. The van der Waals surface area contributed by atoms with Crippen LogP contribution in [0.4, 0.5) is 17.3 Å². The highest BCUT2D eigenvalue weighted by Crippen LogP contribution is 2.28. The maximum absolute atomic E-state index is 5.40. The van der Waals surface area contributed by atoms with Crippen molar-refractivity contribution in [3.05, 3.63) is 30.6 Å². The Labute approximate surface area is 173 Å². The van der Waals surface area contributed by atoms with E-state index in [4.69, 9.17) is 9.47 Å². The van der Waals surface area contributed by atoms with Crippen LogP contribution in [0.5, 0.6) is 11.5 Å². The number of nitrogens with one attached hydrogen (secondary N) is 1. The summed E-state index contributed by atoms with van der Waals surface area (Å²) < 4.78 is 10.8. The van der Waals surface area contributed by atoms with Gasteiger partial charge in [0.1, 0.15) is 29.5 Å². The lowest BCUT2D eigenvalue weighted by Gasteiger charge is -2.35. The first-order valence-electron chi connectivity index (χ1n) is 10.6. The fraction of sp³-hybridized carbons (Fsp3) is 0.545. The molecule has 1 aromatic heterocycles. The molecule has 3 heterocycles. The van der Waals surface area contributed by atoms with Gasteiger partial charge in [0.25, 0.3) is 0 Å². The van der Waals surface area contributed by atoms with E-state index < -0.39 is 0 Å². The number of nitrogens with zero attached hydrogens (tertiary/aromatic N) is 4. The van der Waals surface area contributed by atoms with Crippen molar-refractivity contribution in [2.75, 3.05) is 55.5 Å². The average Bonchev–Trinajstić information content (AvgIpc) is 2.79. The number of hydrogen-bond acceptors (Lipinski definition) is 7. The van der Waals surface area contributed by atoms with Crippen LogP contribution in [-0.2, 0) is 0 Å². The van der Waals surface area contributed by atoms with Crippen molar-refractivity contribution in [3.63, 3.8) is 0 Å². The van der Waals surface area contributed by atoms with Crippen LogP contribution >= 0.6 is 0 Å². The van der Waals surface area contributed by atoms with Crippen LogP contribution in [0.1, 0.15) is 32.1 Å². The highest BCUT2D eigenvalue weighted by Gasteiger charge is 2.22. The Balaban J connectivity index is 1.45. The minimum atomic E-state index is 0.342. The van der Waals surface area contributed by atoms with Gasteiger partial charge in [0.05, 0.1) is 14.2 Å². The molecule has 1 N–H and O–H groups in total. The molecule has 0 amide bonds. The summed E-state index contributed by atoms with van der Waals surface area (Å²) in [6, 6.07) is 8.42. The fourth-order valence-corrected chi connectivity index (χ4v) is 4.24. The molecule has 2 aliphatic heterocycles. The summed E-state index contributed by atoms with van der Waals surface area (Å²) in [5.74, 6) is 3.67. The standard InChI is InChI=1S/C22H31N5O2/c1-28-19-11-18(12-20(13-19)29-2)25-17-7-6-10-27(15-17)22-14-21(23-16-24-22)26-8-4-3-5-9-26/h11-14,16-17,25H,3-10,15H2,1-2H3. The quantitative estimate of drug-likeness (QED) is 0.799. The number of ether oxygens (including phenoxy) is 2. The number of rotatable bonds is 6. The molecule has 0 bridgehead atoms. The monoisotopic (exact) mass is 397 g/mol. The molecule has 2 fully saturated rings. The molecule has 2 aliphatic rings. The molecule has 7 nitrogen and oxygen atoms in total. The van der Waals surface area contributed by atoms with Crippen molar-refractivity contribution in [1.29, 1.82) is 0 Å². The van der Waals surface area contributed by atoms with Crippen LogP contribution in [0.15, 0.2) is 30.6 Å². The molecule has 0 saturated carbocycles. The van der Waals surface area contributed by atoms with Crippen LogP contribution in [-0.4, -0.2) is 56.4 Å². The Bertz CT molecular complexity index is 787. The number of anilines is 3. The van der Waals surface area contributed by atoms with Gasteiger partial charge in [-0.25, -0.2) is 9.97 Å². The third-order valence-corrected chi connectivity index (χ3v) is 5.79. The predicted octanol–water partition coefficient (Wildman–Crippen LogP) is 3.57. The van der Waals surface area contributed by atoms with E-state index in [1.807, 2.05) is 18.2 Å². The van der Waals surface area contributed by atoms with E-state index in [0.717, 1.165) is 67.8 Å². The third-order valence-electron chi connectivity index (χ3n) is 5.79. The molecule has 7 heteroatoms. The molecule has 29 heavy (non-hydrogen) atoms. The number of methoxy groups -OCH3 is 2. The number of piperidine rings is 2.